The van der Waals surface area contributed by atoms with Crippen molar-refractivity contribution in [2.45, 2.75) is 6.42 Å². The predicted molar refractivity (Wildman–Crippen MR) is 55.0 cm³/mol. The summed E-state index contributed by atoms with van der Waals surface area (Å²) in [6, 6.07) is 0. The molecule has 0 aliphatic carbocycles. The van der Waals surface area contributed by atoms with Gasteiger partial charge in [0, 0.05) is 12.6 Å². The minimum absolute atomic E-state index is 0.103. The van der Waals surface area contributed by atoms with Crippen molar-refractivity contribution < 1.29 is 9.21 Å². The maximum atomic E-state index is 11.5. The zero-order chi connectivity index (χ0) is 11.9. The minimum atomic E-state index is -0.580. The van der Waals surface area contributed by atoms with Crippen molar-refractivity contribution in [2.75, 3.05) is 0 Å². The van der Waals surface area contributed by atoms with Crippen LogP contribution in [0.4, 0.5) is 0 Å². The van der Waals surface area contributed by atoms with Crippen molar-refractivity contribution >= 4 is 17.0 Å². The summed E-state index contributed by atoms with van der Waals surface area (Å²) in [6.07, 6.45) is 1.15. The molecule has 0 aliphatic heterocycles. The number of H-pyrrole nitrogens is 1. The number of aromatic amines is 1. The van der Waals surface area contributed by atoms with Gasteiger partial charge in [0.15, 0.2) is 0 Å². The van der Waals surface area contributed by atoms with E-state index >= 15 is 0 Å². The van der Waals surface area contributed by atoms with E-state index in [0.29, 0.717) is 5.56 Å². The lowest BCUT2D eigenvalue weighted by molar-refractivity contribution is -0.117. The summed E-state index contributed by atoms with van der Waals surface area (Å²) in [6.45, 7) is 0. The van der Waals surface area contributed by atoms with Crippen LogP contribution in [0.25, 0.3) is 11.1 Å². The van der Waals surface area contributed by atoms with Crippen molar-refractivity contribution in [2.24, 2.45) is 12.8 Å². The highest BCUT2D eigenvalue weighted by Crippen LogP contribution is 2.15. The number of rotatable bonds is 2. The molecule has 0 unspecified atom stereocenters. The number of nitrogens with one attached hydrogen (secondary N) is 1. The maximum absolute atomic E-state index is 11.5. The lowest BCUT2D eigenvalue weighted by Gasteiger charge is -1.97. The average Bonchev–Trinajstić information content (AvgIpc) is 2.58. The maximum Gasteiger partial charge on any atom is 0.330 e. The van der Waals surface area contributed by atoms with Gasteiger partial charge in [-0.3, -0.25) is 19.1 Å². The molecule has 2 aromatic rings. The first-order valence-corrected chi connectivity index (χ1v) is 4.48. The largest absolute Gasteiger partial charge is 0.447 e. The van der Waals surface area contributed by atoms with Crippen LogP contribution in [-0.2, 0) is 18.3 Å². The summed E-state index contributed by atoms with van der Waals surface area (Å²) in [5.41, 5.74) is 4.38. The Bertz CT molecular complexity index is 676. The average molecular weight is 223 g/mol. The summed E-state index contributed by atoms with van der Waals surface area (Å²) in [5, 5.41) is 0.181. The Morgan fingerprint density at radius 3 is 2.88 bits per heavy atom. The lowest BCUT2D eigenvalue weighted by atomic mass is 10.2. The van der Waals surface area contributed by atoms with Gasteiger partial charge in [0.1, 0.15) is 5.39 Å². The number of aryl methyl sites for hydroxylation is 1. The Hall–Kier alpha value is -2.31. The molecule has 0 radical (unpaired) electrons. The number of fused-ring (bicyclic) bond motifs is 1. The normalized spacial score (nSPS) is 10.8. The van der Waals surface area contributed by atoms with Crippen LogP contribution in [-0.4, -0.2) is 15.5 Å². The van der Waals surface area contributed by atoms with E-state index < -0.39 is 17.2 Å². The van der Waals surface area contributed by atoms with Crippen LogP contribution in [0, 0.1) is 0 Å². The van der Waals surface area contributed by atoms with Gasteiger partial charge in [0.25, 0.3) is 5.56 Å². The lowest BCUT2D eigenvalue weighted by Crippen LogP contribution is -2.28. The highest BCUT2D eigenvalue weighted by Gasteiger charge is 2.14. The van der Waals surface area contributed by atoms with Crippen LogP contribution in [0.15, 0.2) is 20.3 Å². The molecule has 0 aromatic carbocycles. The van der Waals surface area contributed by atoms with Gasteiger partial charge in [-0.1, -0.05) is 0 Å². The molecule has 0 saturated heterocycles. The van der Waals surface area contributed by atoms with E-state index in [2.05, 4.69) is 4.98 Å². The molecule has 84 valence electrons. The number of primary amides is 1. The first-order valence-electron chi connectivity index (χ1n) is 4.48. The first kappa shape index (κ1) is 10.2. The number of aromatic nitrogens is 2. The van der Waals surface area contributed by atoms with E-state index in [1.165, 1.54) is 13.3 Å². The molecule has 16 heavy (non-hydrogen) atoms. The van der Waals surface area contributed by atoms with Crippen LogP contribution in [0.2, 0.25) is 0 Å². The fourth-order valence-corrected chi connectivity index (χ4v) is 1.53. The van der Waals surface area contributed by atoms with Gasteiger partial charge in [-0.05, 0) is 0 Å². The van der Waals surface area contributed by atoms with E-state index in [0.717, 1.165) is 4.57 Å². The van der Waals surface area contributed by atoms with E-state index in [4.69, 9.17) is 10.2 Å². The van der Waals surface area contributed by atoms with Crippen LogP contribution >= 0.6 is 0 Å². The van der Waals surface area contributed by atoms with Crippen molar-refractivity contribution in [1.82, 2.24) is 9.55 Å². The van der Waals surface area contributed by atoms with Gasteiger partial charge in [0.05, 0.1) is 12.7 Å². The van der Waals surface area contributed by atoms with E-state index in [1.54, 1.807) is 0 Å². The summed E-state index contributed by atoms with van der Waals surface area (Å²) in [4.78, 5) is 35.7. The number of hydrogen-bond donors (Lipinski definition) is 2. The highest BCUT2D eigenvalue weighted by molar-refractivity contribution is 5.84. The smallest absolute Gasteiger partial charge is 0.330 e. The molecule has 7 nitrogen and oxygen atoms in total. The molecule has 7 heteroatoms. The van der Waals surface area contributed by atoms with Crippen molar-refractivity contribution in [1.29, 1.82) is 0 Å². The summed E-state index contributed by atoms with van der Waals surface area (Å²) in [5.74, 6) is -0.573. The molecule has 0 atom stereocenters. The number of nitrogens with two attached hydrogens (primary N) is 1. The highest BCUT2D eigenvalue weighted by atomic mass is 16.3. The molecule has 2 heterocycles. The molecular formula is C9H9N3O4. The van der Waals surface area contributed by atoms with Crippen molar-refractivity contribution in [3.63, 3.8) is 0 Å². The monoisotopic (exact) mass is 223 g/mol. The Morgan fingerprint density at radius 1 is 1.56 bits per heavy atom. The number of furan rings is 1. The number of carbonyl (C=O) groups excluding carboxylic acids is 1. The Kier molecular flexibility index (Phi) is 2.15. The van der Waals surface area contributed by atoms with Crippen molar-refractivity contribution in [3.05, 3.63) is 32.7 Å². The van der Waals surface area contributed by atoms with E-state index in [-0.39, 0.29) is 17.5 Å². The standard InChI is InChI=1S/C9H9N3O4/c1-12-8-6(7(14)11-9(12)15)4(3-16-8)2-5(10)13/h3H,2H2,1H3,(H2,10,13)(H,11,14,15). The van der Waals surface area contributed by atoms with Crippen LogP contribution in [0.5, 0.6) is 0 Å². The van der Waals surface area contributed by atoms with Gasteiger partial charge in [-0.15, -0.1) is 0 Å². The van der Waals surface area contributed by atoms with Gasteiger partial charge < -0.3 is 10.2 Å². The Morgan fingerprint density at radius 2 is 2.25 bits per heavy atom. The van der Waals surface area contributed by atoms with Gasteiger partial charge in [0.2, 0.25) is 11.6 Å². The molecule has 2 rings (SSSR count). The van der Waals surface area contributed by atoms with Gasteiger partial charge >= 0.3 is 5.69 Å². The third-order valence-corrected chi connectivity index (χ3v) is 2.27. The predicted octanol–water partition coefficient (Wildman–Crippen LogP) is -1.15. The minimum Gasteiger partial charge on any atom is -0.447 e. The zero-order valence-corrected chi connectivity index (χ0v) is 8.44. The molecule has 0 bridgehead atoms. The van der Waals surface area contributed by atoms with Crippen LogP contribution < -0.4 is 17.0 Å². The van der Waals surface area contributed by atoms with Gasteiger partial charge in [-0.25, -0.2) is 4.79 Å². The van der Waals surface area contributed by atoms with Gasteiger partial charge in [-0.2, -0.15) is 0 Å². The van der Waals surface area contributed by atoms with E-state index in [1.807, 2.05) is 0 Å². The number of carbonyl (C=O) groups is 1. The molecule has 0 spiro atoms. The molecule has 1 amide bonds. The first-order chi connectivity index (χ1) is 7.50. The fraction of sp³-hybridized carbons (Fsp3) is 0.222. The topological polar surface area (TPSA) is 111 Å². The zero-order valence-electron chi connectivity index (χ0n) is 8.44. The Labute approximate surface area is 88.5 Å². The second-order valence-electron chi connectivity index (χ2n) is 3.40. The molecule has 3 N–H and O–H groups in total. The number of hydrogen-bond acceptors (Lipinski definition) is 4. The summed E-state index contributed by atoms with van der Waals surface area (Å²) in [7, 11) is 1.46. The SMILES string of the molecule is Cn1c(=O)[nH]c(=O)c2c(CC(N)=O)coc21. The quantitative estimate of drug-likeness (QED) is 0.669. The molecule has 2 aromatic heterocycles. The van der Waals surface area contributed by atoms with E-state index in [9.17, 15) is 14.4 Å². The summed E-state index contributed by atoms with van der Waals surface area (Å²) < 4.78 is 6.23. The summed E-state index contributed by atoms with van der Waals surface area (Å²) >= 11 is 0. The second kappa shape index (κ2) is 3.37. The molecule has 0 saturated carbocycles. The number of amides is 1. The molecular weight excluding hydrogens is 214 g/mol. The van der Waals surface area contributed by atoms with Crippen LogP contribution in [0.3, 0.4) is 0 Å². The molecule has 0 fully saturated rings. The molecule has 0 aliphatic rings. The van der Waals surface area contributed by atoms with Crippen LogP contribution in [0.1, 0.15) is 5.56 Å². The third-order valence-electron chi connectivity index (χ3n) is 2.27. The number of nitrogens with zero attached hydrogens (tertiary/aromatic N) is 1. The second-order valence-corrected chi connectivity index (χ2v) is 3.40. The third kappa shape index (κ3) is 1.42. The Balaban J connectivity index is 2.83. The fourth-order valence-electron chi connectivity index (χ4n) is 1.53. The van der Waals surface area contributed by atoms with Crippen molar-refractivity contribution in [3.8, 4) is 0 Å².